The summed E-state index contributed by atoms with van der Waals surface area (Å²) in [5, 5.41) is -0.287. The summed E-state index contributed by atoms with van der Waals surface area (Å²) in [6, 6.07) is 10.8. The summed E-state index contributed by atoms with van der Waals surface area (Å²) < 4.78 is 73.4. The molecule has 1 spiro atoms. The summed E-state index contributed by atoms with van der Waals surface area (Å²) in [5.74, 6) is 1.19. The minimum atomic E-state index is -5.78. The number of aromatic amines is 1. The minimum Gasteiger partial charge on any atom is -0.444 e. The Morgan fingerprint density at radius 1 is 1.05 bits per heavy atom. The molecule has 1 saturated carbocycles. The topological polar surface area (TPSA) is 102 Å². The number of carbonyl (C=O) groups is 1. The molecule has 2 heterocycles. The summed E-state index contributed by atoms with van der Waals surface area (Å²) in [6.07, 6.45) is 6.38. The Morgan fingerprint density at radius 3 is 2.39 bits per heavy atom. The van der Waals surface area contributed by atoms with Gasteiger partial charge < -0.3 is 13.9 Å². The molecule has 1 N–H and O–H groups in total. The molecule has 3 aliphatic rings. The molecule has 1 aromatic heterocycles. The molecule has 6 rings (SSSR count). The van der Waals surface area contributed by atoms with E-state index in [0.29, 0.717) is 24.4 Å². The first kappa shape index (κ1) is 30.8. The lowest BCUT2D eigenvalue weighted by Crippen LogP contribution is -2.36. The van der Waals surface area contributed by atoms with Gasteiger partial charge in [0.25, 0.3) is 0 Å². The number of amides is 1. The molecule has 0 bridgehead atoms. The van der Waals surface area contributed by atoms with Crippen LogP contribution >= 0.6 is 11.8 Å². The smallest absolute Gasteiger partial charge is 0.444 e. The van der Waals surface area contributed by atoms with Crippen molar-refractivity contribution in [1.82, 2.24) is 14.9 Å². The number of hydrogen-bond donors (Lipinski definition) is 1. The number of rotatable bonds is 5. The number of halogens is 3. The number of H-pyrrole nitrogens is 1. The highest BCUT2D eigenvalue weighted by Gasteiger charge is 2.50. The average Bonchev–Trinajstić information content (AvgIpc) is 3.75. The van der Waals surface area contributed by atoms with Gasteiger partial charge in [-0.15, -0.1) is 11.8 Å². The second-order valence-electron chi connectivity index (χ2n) is 12.6. The van der Waals surface area contributed by atoms with E-state index < -0.39 is 21.2 Å². The highest BCUT2D eigenvalue weighted by atomic mass is 32.2. The fraction of sp³-hybridized carbons (Fsp3) is 0.484. The summed E-state index contributed by atoms with van der Waals surface area (Å²) in [5.41, 5.74) is -1.45. The Labute approximate surface area is 258 Å². The van der Waals surface area contributed by atoms with Gasteiger partial charge in [0.2, 0.25) is 0 Å². The van der Waals surface area contributed by atoms with E-state index in [9.17, 15) is 26.4 Å². The fourth-order valence-corrected chi connectivity index (χ4v) is 8.31. The van der Waals surface area contributed by atoms with E-state index in [1.807, 2.05) is 45.0 Å². The Bertz CT molecular complexity index is 1670. The third-order valence-corrected chi connectivity index (χ3v) is 10.7. The normalized spacial score (nSPS) is 19.9. The second kappa shape index (κ2) is 11.0. The number of imidazole rings is 1. The quantitative estimate of drug-likeness (QED) is 0.223. The average molecular weight is 650 g/mol. The van der Waals surface area contributed by atoms with Crippen molar-refractivity contribution < 1.29 is 35.3 Å². The number of fused-ring (bicyclic) bond motifs is 2. The molecule has 0 unspecified atom stereocenters. The summed E-state index contributed by atoms with van der Waals surface area (Å²) in [4.78, 5) is 22.4. The van der Waals surface area contributed by atoms with Crippen LogP contribution in [0.15, 0.2) is 42.6 Å². The summed E-state index contributed by atoms with van der Waals surface area (Å²) in [6.45, 7) is 6.06. The Morgan fingerprint density at radius 2 is 1.73 bits per heavy atom. The van der Waals surface area contributed by atoms with Crippen LogP contribution in [-0.2, 0) is 26.7 Å². The van der Waals surface area contributed by atoms with Gasteiger partial charge in [-0.2, -0.15) is 21.6 Å². The molecule has 2 fully saturated rings. The molecule has 1 aliphatic heterocycles. The zero-order chi connectivity index (χ0) is 31.5. The minimum absolute atomic E-state index is 0.206. The number of hydrogen-bond acceptors (Lipinski definition) is 7. The molecule has 0 radical (unpaired) electrons. The number of alkyl halides is 3. The van der Waals surface area contributed by atoms with Gasteiger partial charge in [-0.3, -0.25) is 4.90 Å². The van der Waals surface area contributed by atoms with Crippen molar-refractivity contribution in [3.05, 3.63) is 59.5 Å². The van der Waals surface area contributed by atoms with Gasteiger partial charge >= 0.3 is 21.7 Å². The number of nitrogens with zero attached hydrogens (tertiary/aromatic N) is 2. The van der Waals surface area contributed by atoms with Gasteiger partial charge in [0, 0.05) is 17.9 Å². The van der Waals surface area contributed by atoms with Crippen LogP contribution in [-0.4, -0.2) is 52.8 Å². The van der Waals surface area contributed by atoms with E-state index in [0.717, 1.165) is 65.8 Å². The lowest BCUT2D eigenvalue weighted by Gasteiger charge is -2.28. The molecule has 2 aromatic carbocycles. The lowest BCUT2D eigenvalue weighted by atomic mass is 9.77. The van der Waals surface area contributed by atoms with Gasteiger partial charge in [-0.1, -0.05) is 43.2 Å². The first-order valence-corrected chi connectivity index (χ1v) is 17.1. The first-order chi connectivity index (χ1) is 20.7. The third kappa shape index (κ3) is 5.68. The van der Waals surface area contributed by atoms with Crippen LogP contribution in [0.1, 0.15) is 75.2 Å². The van der Waals surface area contributed by atoms with Crippen molar-refractivity contribution in [3.8, 4) is 28.1 Å². The molecule has 8 nitrogen and oxygen atoms in total. The fourth-order valence-electron chi connectivity index (χ4n) is 6.65. The Hall–Kier alpha value is -3.19. The standard InChI is InChI=1S/C31H34F3N3O5S2/c1-29(2,3)41-28(38)37-16-17-43-27(37)26-35-18-23(36-26)20-8-6-19(7-9-20)21-10-11-24(42-44(39,40)31(32,33)34)22-12-15-30(25(21)22)13-4-5-14-30/h6-11,18,27H,4-5,12-17H2,1-3H3,(H,35,36)/t27-/m0/s1. The summed E-state index contributed by atoms with van der Waals surface area (Å²) >= 11 is 1.61. The molecular weight excluding hydrogens is 615 g/mol. The van der Waals surface area contributed by atoms with Gasteiger partial charge in [0.15, 0.2) is 0 Å². The highest BCUT2D eigenvalue weighted by molar-refractivity contribution is 7.99. The zero-order valence-corrected chi connectivity index (χ0v) is 26.3. The number of ether oxygens (including phenoxy) is 1. The van der Waals surface area contributed by atoms with Crippen LogP contribution < -0.4 is 4.18 Å². The van der Waals surface area contributed by atoms with Crippen molar-refractivity contribution in [2.24, 2.45) is 0 Å². The van der Waals surface area contributed by atoms with Crippen LogP contribution in [0.25, 0.3) is 22.4 Å². The Balaban J connectivity index is 1.29. The number of thioether (sulfide) groups is 1. The van der Waals surface area contributed by atoms with Gasteiger partial charge in [-0.05, 0) is 80.2 Å². The first-order valence-electron chi connectivity index (χ1n) is 14.6. The van der Waals surface area contributed by atoms with E-state index in [4.69, 9.17) is 4.74 Å². The second-order valence-corrected chi connectivity index (χ2v) is 15.3. The predicted octanol–water partition coefficient (Wildman–Crippen LogP) is 7.71. The van der Waals surface area contributed by atoms with E-state index in [-0.39, 0.29) is 22.6 Å². The van der Waals surface area contributed by atoms with Crippen LogP contribution in [0.5, 0.6) is 5.75 Å². The molecular formula is C31H34F3N3O5S2. The summed E-state index contributed by atoms with van der Waals surface area (Å²) in [7, 11) is -5.78. The van der Waals surface area contributed by atoms with Crippen molar-refractivity contribution in [1.29, 1.82) is 0 Å². The number of benzene rings is 2. The van der Waals surface area contributed by atoms with Crippen LogP contribution in [0.2, 0.25) is 0 Å². The monoisotopic (exact) mass is 649 g/mol. The maximum Gasteiger partial charge on any atom is 0.534 e. The van der Waals surface area contributed by atoms with Gasteiger partial charge in [0.1, 0.15) is 22.5 Å². The largest absolute Gasteiger partial charge is 0.534 e. The van der Waals surface area contributed by atoms with E-state index in [1.165, 1.54) is 6.07 Å². The molecule has 1 atom stereocenters. The number of aromatic nitrogens is 2. The molecule has 236 valence electrons. The van der Waals surface area contributed by atoms with E-state index in [2.05, 4.69) is 14.2 Å². The molecule has 3 aromatic rings. The Kier molecular flexibility index (Phi) is 7.71. The van der Waals surface area contributed by atoms with Crippen LogP contribution in [0.4, 0.5) is 18.0 Å². The van der Waals surface area contributed by atoms with Gasteiger partial charge in [-0.25, -0.2) is 9.78 Å². The highest BCUT2D eigenvalue weighted by Crippen LogP contribution is 2.55. The molecule has 13 heteroatoms. The SMILES string of the molecule is CC(C)(C)OC(=O)N1CCS[C@H]1c1ncc(-c2ccc(-c3ccc(OS(=O)(=O)C(F)(F)F)c4c3C3(CCCC3)CC4)cc2)[nH]1. The molecule has 1 amide bonds. The third-order valence-electron chi connectivity index (χ3n) is 8.55. The zero-order valence-electron chi connectivity index (χ0n) is 24.7. The molecule has 2 aliphatic carbocycles. The van der Waals surface area contributed by atoms with Crippen molar-refractivity contribution in [2.75, 3.05) is 12.3 Å². The van der Waals surface area contributed by atoms with Crippen LogP contribution in [0.3, 0.4) is 0 Å². The van der Waals surface area contributed by atoms with Crippen molar-refractivity contribution in [2.45, 2.75) is 81.2 Å². The maximum absolute atomic E-state index is 13.1. The van der Waals surface area contributed by atoms with Crippen LogP contribution in [0, 0.1) is 0 Å². The number of nitrogens with one attached hydrogen (secondary N) is 1. The van der Waals surface area contributed by atoms with Gasteiger partial charge in [0.05, 0.1) is 11.9 Å². The lowest BCUT2D eigenvalue weighted by molar-refractivity contribution is -0.0500. The predicted molar refractivity (Wildman–Crippen MR) is 162 cm³/mol. The van der Waals surface area contributed by atoms with Crippen molar-refractivity contribution in [3.63, 3.8) is 0 Å². The molecule has 44 heavy (non-hydrogen) atoms. The maximum atomic E-state index is 13.1. The molecule has 1 saturated heterocycles. The van der Waals surface area contributed by atoms with Crippen molar-refractivity contribution >= 4 is 28.0 Å². The number of carbonyl (C=O) groups excluding carboxylic acids is 1. The van der Waals surface area contributed by atoms with E-state index >= 15 is 0 Å². The van der Waals surface area contributed by atoms with E-state index in [1.54, 1.807) is 28.9 Å².